The topological polar surface area (TPSA) is 83.1 Å². The fourth-order valence-electron chi connectivity index (χ4n) is 7.09. The summed E-state index contributed by atoms with van der Waals surface area (Å²) in [6.07, 6.45) is 2.45. The Hall–Kier alpha value is -10.3. The van der Waals surface area contributed by atoms with Crippen LogP contribution in [0, 0.1) is 35.8 Å². The van der Waals surface area contributed by atoms with Crippen molar-refractivity contribution in [2.24, 2.45) is 0 Å². The van der Waals surface area contributed by atoms with Crippen molar-refractivity contribution in [1.29, 1.82) is 10.5 Å². The number of carbonyl (C=O) groups excluding carboxylic acids is 1. The minimum Gasteiger partial charge on any atom is -0.311 e. The van der Waals surface area contributed by atoms with Gasteiger partial charge in [0.15, 0.2) is 0 Å². The van der Waals surface area contributed by atoms with Crippen molar-refractivity contribution >= 4 is 63.5 Å². The van der Waals surface area contributed by atoms with Crippen LogP contribution in [0.3, 0.4) is 0 Å². The lowest BCUT2D eigenvalue weighted by molar-refractivity contribution is 0.112. The molecule has 0 aliphatic carbocycles. The minimum absolute atomic E-state index is 0.0139. The zero-order valence-electron chi connectivity index (χ0n) is 38.2. The molecule has 0 fully saturated rings. The Morgan fingerprint density at radius 2 is 0.629 bits per heavy atom. The van der Waals surface area contributed by atoms with Gasteiger partial charge in [0, 0.05) is 56.7 Å². The molecule has 0 amide bonds. The smallest absolute Gasteiger partial charge is 0.298 e. The number of aldehydes is 1. The predicted octanol–water partition coefficient (Wildman–Crippen LogP) is 16.5. The molecule has 0 spiro atoms. The highest BCUT2D eigenvalue weighted by Crippen LogP contribution is 2.36. The number of anilines is 9. The lowest BCUT2D eigenvalue weighted by Crippen LogP contribution is -2.09. The second-order valence-electron chi connectivity index (χ2n) is 14.9. The van der Waals surface area contributed by atoms with Crippen molar-refractivity contribution in [3.05, 3.63) is 301 Å². The van der Waals surface area contributed by atoms with Crippen LogP contribution in [0.5, 0.6) is 0 Å². The molecule has 9 aromatic carbocycles. The number of rotatable bonds is 11. The van der Waals surface area contributed by atoms with E-state index in [1.165, 1.54) is 17.1 Å². The molecule has 9 rings (SSSR count). The van der Waals surface area contributed by atoms with E-state index in [4.69, 9.17) is 23.7 Å². The largest absolute Gasteiger partial charge is 0.311 e. The van der Waals surface area contributed by atoms with Gasteiger partial charge in [-0.25, -0.2) is 16.7 Å². The van der Waals surface area contributed by atoms with Crippen molar-refractivity contribution in [3.63, 3.8) is 0 Å². The number of benzene rings is 9. The molecule has 70 heavy (non-hydrogen) atoms. The Balaban J connectivity index is 0.000000165. The fourth-order valence-corrected chi connectivity index (χ4v) is 7.09. The first-order valence-corrected chi connectivity index (χ1v) is 22.2. The number of nitriles is 2. The molecular weight excluding hydrogens is 859 g/mol. The van der Waals surface area contributed by atoms with Crippen LogP contribution in [-0.4, -0.2) is 12.8 Å². The van der Waals surface area contributed by atoms with Crippen LogP contribution in [0.2, 0.25) is 0 Å². The molecule has 0 N–H and O–H groups in total. The maximum atomic E-state index is 10.8. The van der Waals surface area contributed by atoms with Gasteiger partial charge in [-0.3, -0.25) is 4.79 Å². The quantitative estimate of drug-likeness (QED) is 0.0556. The molecule has 0 aromatic heterocycles. The highest BCUT2D eigenvalue weighted by atomic mass is 16.1. The zero-order chi connectivity index (χ0) is 49.0. The predicted molar refractivity (Wildman–Crippen MR) is 286 cm³/mol. The second kappa shape index (κ2) is 27.3. The van der Waals surface area contributed by atoms with Crippen molar-refractivity contribution in [3.8, 4) is 12.1 Å². The van der Waals surface area contributed by atoms with Crippen LogP contribution in [0.1, 0.15) is 15.9 Å². The Morgan fingerprint density at radius 1 is 0.386 bits per heavy atom. The van der Waals surface area contributed by atoms with E-state index in [0.29, 0.717) is 5.56 Å². The average molecular weight is 906 g/mol. The number of nitrogens with zero attached hydrogens (tertiary/aromatic N) is 7. The molecule has 0 bridgehead atoms. The summed E-state index contributed by atoms with van der Waals surface area (Å²) in [5.74, 6) is 0. The fraction of sp³-hybridized carbons (Fsp3) is 0.0161. The van der Waals surface area contributed by atoms with E-state index in [2.05, 4.69) is 146 Å². The van der Waals surface area contributed by atoms with Crippen LogP contribution in [-0.2, 0) is 0 Å². The molecule has 0 unspecified atom stereocenters. The number of allylic oxidation sites excluding steroid dienone is 1. The maximum Gasteiger partial charge on any atom is 0.298 e. The molecule has 0 heterocycles. The minimum atomic E-state index is -0.0139. The van der Waals surface area contributed by atoms with Crippen molar-refractivity contribution < 1.29 is 4.79 Å². The van der Waals surface area contributed by atoms with Gasteiger partial charge in [-0.15, -0.1) is 0 Å². The molecule has 8 heteroatoms. The van der Waals surface area contributed by atoms with Gasteiger partial charge in [0.05, 0.1) is 12.6 Å². The van der Waals surface area contributed by atoms with E-state index in [9.17, 15) is 4.79 Å². The van der Waals surface area contributed by atoms with Crippen LogP contribution in [0.15, 0.2) is 267 Å². The summed E-state index contributed by atoms with van der Waals surface area (Å²) >= 11 is 0. The summed E-state index contributed by atoms with van der Waals surface area (Å²) in [7, 11) is 0. The lowest BCUT2D eigenvalue weighted by atomic mass is 10.1. The molecule has 0 aliphatic heterocycles. The Bertz CT molecular complexity index is 2950. The first kappa shape index (κ1) is 49.2. The van der Waals surface area contributed by atoms with Crippen LogP contribution >= 0.6 is 0 Å². The summed E-state index contributed by atoms with van der Waals surface area (Å²) < 4.78 is 0. The van der Waals surface area contributed by atoms with E-state index in [0.717, 1.165) is 46.0 Å². The molecule has 8 nitrogen and oxygen atoms in total. The third kappa shape index (κ3) is 14.4. The standard InChI is InChI=1S/C22H15N3.C19H15NO.C18H15N.C3H2N2/c1-24-19(17-23)16-18-12-14-22(15-13-18)25(20-8-4-2-5-9-20)21-10-6-3-7-11-21;21-15-16-11-13-19(14-12-16)20(17-7-3-1-4-8-17)18-9-5-2-6-10-18;1-4-10-16(11-5-1)19(17-12-6-2-7-13-17)18-14-8-3-9-15-18;1-5-3-2-4/h2-16H;1-15H;1-15H;3H2/b19-16-;;;. The molecule has 0 aliphatic rings. The van der Waals surface area contributed by atoms with Crippen LogP contribution < -0.4 is 14.7 Å². The van der Waals surface area contributed by atoms with E-state index in [-0.39, 0.29) is 12.2 Å². The van der Waals surface area contributed by atoms with Crippen molar-refractivity contribution in [2.45, 2.75) is 0 Å². The summed E-state index contributed by atoms with van der Waals surface area (Å²) in [4.78, 5) is 23.3. The van der Waals surface area contributed by atoms with E-state index >= 15 is 0 Å². The third-order valence-corrected chi connectivity index (χ3v) is 10.2. The molecular formula is C62H47N7O. The molecule has 0 saturated heterocycles. The third-order valence-electron chi connectivity index (χ3n) is 10.2. The molecule has 336 valence electrons. The summed E-state index contributed by atoms with van der Waals surface area (Å²) in [5, 5.41) is 16.5. The van der Waals surface area contributed by atoms with E-state index in [1.807, 2.05) is 146 Å². The van der Waals surface area contributed by atoms with E-state index < -0.39 is 0 Å². The molecule has 0 atom stereocenters. The second-order valence-corrected chi connectivity index (χ2v) is 14.9. The first-order chi connectivity index (χ1) is 34.6. The average Bonchev–Trinajstić information content (AvgIpc) is 3.44. The van der Waals surface area contributed by atoms with E-state index in [1.54, 1.807) is 12.1 Å². The van der Waals surface area contributed by atoms with Gasteiger partial charge in [-0.05, 0) is 133 Å². The van der Waals surface area contributed by atoms with Gasteiger partial charge in [-0.1, -0.05) is 140 Å². The summed E-state index contributed by atoms with van der Waals surface area (Å²) in [6.45, 7) is 13.0. The van der Waals surface area contributed by atoms with Gasteiger partial charge in [0.1, 0.15) is 12.4 Å². The van der Waals surface area contributed by atoms with Gasteiger partial charge >= 0.3 is 0 Å². The summed E-state index contributed by atoms with van der Waals surface area (Å²) in [5.41, 5.74) is 11.4. The van der Waals surface area contributed by atoms with Crippen LogP contribution in [0.4, 0.5) is 51.2 Å². The number of carbonyl (C=O) groups is 1. The Labute approximate surface area is 411 Å². The molecule has 9 aromatic rings. The molecule has 0 radical (unpaired) electrons. The number of para-hydroxylation sites is 7. The molecule has 0 saturated carbocycles. The highest BCUT2D eigenvalue weighted by molar-refractivity contribution is 5.81. The highest BCUT2D eigenvalue weighted by Gasteiger charge is 2.13. The maximum absolute atomic E-state index is 10.8. The number of hydrogen-bond donors (Lipinski definition) is 0. The van der Waals surface area contributed by atoms with Crippen molar-refractivity contribution in [1.82, 2.24) is 0 Å². The Kier molecular flexibility index (Phi) is 19.2. The SMILES string of the molecule is O=Cc1ccc(N(c2ccccc2)c2ccccc2)cc1.[C-]#[N+]/C(C#N)=C\c1ccc(N(c2ccccc2)c2ccccc2)cc1.[C-]#[N+]CC#N.c1ccc(N(c2ccccc2)c2ccccc2)cc1. The van der Waals surface area contributed by atoms with Gasteiger partial charge < -0.3 is 19.5 Å². The monoisotopic (exact) mass is 905 g/mol. The lowest BCUT2D eigenvalue weighted by Gasteiger charge is -2.25. The Morgan fingerprint density at radius 3 is 0.814 bits per heavy atom. The van der Waals surface area contributed by atoms with Crippen LogP contribution in [0.25, 0.3) is 15.8 Å². The van der Waals surface area contributed by atoms with Gasteiger partial charge in [0.25, 0.3) is 12.2 Å². The normalized spacial score (nSPS) is 9.86. The van der Waals surface area contributed by atoms with Gasteiger partial charge in [0.2, 0.25) is 0 Å². The van der Waals surface area contributed by atoms with Gasteiger partial charge in [-0.2, -0.15) is 5.26 Å². The first-order valence-electron chi connectivity index (χ1n) is 22.2. The van der Waals surface area contributed by atoms with Crippen molar-refractivity contribution in [2.75, 3.05) is 21.2 Å². The zero-order valence-corrected chi connectivity index (χ0v) is 38.2. The summed E-state index contributed by atoms with van der Waals surface area (Å²) in [6, 6.07) is 90.8. The number of hydrogen-bond acceptors (Lipinski definition) is 6.